The molecule has 3 heteroatoms. The molecule has 0 radical (unpaired) electrons. The summed E-state index contributed by atoms with van der Waals surface area (Å²) in [6, 6.07) is 0. The lowest BCUT2D eigenvalue weighted by molar-refractivity contribution is -0.124. The van der Waals surface area contributed by atoms with Crippen molar-refractivity contribution in [1.82, 2.24) is 0 Å². The molecule has 25 heavy (non-hydrogen) atoms. The molecule has 0 saturated heterocycles. The maximum Gasteiger partial charge on any atom is 0.136 e. The Morgan fingerprint density at radius 1 is 0.960 bits per heavy atom. The summed E-state index contributed by atoms with van der Waals surface area (Å²) in [7, 11) is 0. The molecule has 0 aliphatic carbocycles. The van der Waals surface area contributed by atoms with Gasteiger partial charge in [0.25, 0.3) is 0 Å². The zero-order valence-electron chi connectivity index (χ0n) is 16.5. The maximum absolute atomic E-state index is 12.5. The van der Waals surface area contributed by atoms with Gasteiger partial charge in [-0.2, -0.15) is 0 Å². The van der Waals surface area contributed by atoms with Crippen molar-refractivity contribution in [1.29, 1.82) is 0 Å². The summed E-state index contributed by atoms with van der Waals surface area (Å²) in [5.74, 6) is 0.215. The van der Waals surface area contributed by atoms with E-state index < -0.39 is 6.10 Å². The zero-order chi connectivity index (χ0) is 18.8. The van der Waals surface area contributed by atoms with Crippen molar-refractivity contribution < 1.29 is 14.7 Å². The molecule has 1 N–H and O–H groups in total. The first kappa shape index (κ1) is 24.0. The predicted octanol–water partition coefficient (Wildman–Crippen LogP) is 5.79. The molecule has 0 bridgehead atoms. The van der Waals surface area contributed by atoms with Gasteiger partial charge in [-0.05, 0) is 38.5 Å². The fourth-order valence-corrected chi connectivity index (χ4v) is 3.17. The summed E-state index contributed by atoms with van der Waals surface area (Å²) in [4.78, 5) is 23.0. The number of aliphatic hydroxyl groups excluding tert-OH is 1. The van der Waals surface area contributed by atoms with Gasteiger partial charge < -0.3 is 9.90 Å². The highest BCUT2D eigenvalue weighted by Gasteiger charge is 2.21. The molecule has 0 saturated carbocycles. The number of hydrogen-bond acceptors (Lipinski definition) is 3. The quantitative estimate of drug-likeness (QED) is 0.193. The van der Waals surface area contributed by atoms with Crippen molar-refractivity contribution in [3.63, 3.8) is 0 Å². The Kier molecular flexibility index (Phi) is 17.2. The third-order valence-corrected chi connectivity index (χ3v) is 4.73. The second-order valence-electron chi connectivity index (χ2n) is 7.14. The van der Waals surface area contributed by atoms with E-state index in [1.807, 2.05) is 0 Å². The van der Waals surface area contributed by atoms with Crippen molar-refractivity contribution >= 4 is 12.1 Å². The van der Waals surface area contributed by atoms with Gasteiger partial charge in [0.1, 0.15) is 12.1 Å². The Morgan fingerprint density at radius 2 is 1.68 bits per heavy atom. The maximum atomic E-state index is 12.5. The van der Waals surface area contributed by atoms with Crippen LogP contribution in [-0.4, -0.2) is 23.3 Å². The van der Waals surface area contributed by atoms with Crippen LogP contribution in [0.5, 0.6) is 0 Å². The van der Waals surface area contributed by atoms with Gasteiger partial charge in [0.05, 0.1) is 6.10 Å². The molecular formula is C22H40O3. The Balaban J connectivity index is 3.98. The van der Waals surface area contributed by atoms with Gasteiger partial charge >= 0.3 is 0 Å². The molecular weight excluding hydrogens is 312 g/mol. The lowest BCUT2D eigenvalue weighted by atomic mass is 9.88. The first-order chi connectivity index (χ1) is 12.2. The Labute approximate surface area is 155 Å². The minimum Gasteiger partial charge on any atom is -0.393 e. The summed E-state index contributed by atoms with van der Waals surface area (Å²) < 4.78 is 0. The van der Waals surface area contributed by atoms with E-state index in [9.17, 15) is 14.7 Å². The van der Waals surface area contributed by atoms with Crippen molar-refractivity contribution in [2.24, 2.45) is 5.92 Å². The smallest absolute Gasteiger partial charge is 0.136 e. The average Bonchev–Trinajstić information content (AvgIpc) is 2.59. The van der Waals surface area contributed by atoms with Gasteiger partial charge in [-0.25, -0.2) is 0 Å². The van der Waals surface area contributed by atoms with Crippen LogP contribution in [-0.2, 0) is 9.59 Å². The minimum absolute atomic E-state index is 0.0688. The summed E-state index contributed by atoms with van der Waals surface area (Å²) in [6.45, 7) is 4.30. The normalized spacial score (nSPS) is 13.9. The largest absolute Gasteiger partial charge is 0.393 e. The van der Waals surface area contributed by atoms with Crippen molar-refractivity contribution in [2.45, 2.75) is 110 Å². The molecule has 2 atom stereocenters. The van der Waals surface area contributed by atoms with Gasteiger partial charge in [0.2, 0.25) is 0 Å². The molecule has 3 nitrogen and oxygen atoms in total. The SMILES string of the molecule is CCC=CCCCCCCCC(=O)C(CCCCC)CC(O)CC=O. The lowest BCUT2D eigenvalue weighted by Gasteiger charge is -2.18. The molecule has 0 aromatic carbocycles. The van der Waals surface area contributed by atoms with E-state index in [1.165, 1.54) is 25.7 Å². The average molecular weight is 353 g/mol. The zero-order valence-corrected chi connectivity index (χ0v) is 16.5. The number of carbonyl (C=O) groups excluding carboxylic acids is 2. The van der Waals surface area contributed by atoms with Crippen LogP contribution >= 0.6 is 0 Å². The van der Waals surface area contributed by atoms with Crippen LogP contribution in [0.4, 0.5) is 0 Å². The fraction of sp³-hybridized carbons (Fsp3) is 0.818. The molecule has 0 rings (SSSR count). The minimum atomic E-state index is -0.663. The molecule has 0 aliphatic heterocycles. The fourth-order valence-electron chi connectivity index (χ4n) is 3.17. The van der Waals surface area contributed by atoms with E-state index in [1.54, 1.807) is 0 Å². The van der Waals surface area contributed by atoms with Gasteiger partial charge in [-0.15, -0.1) is 0 Å². The van der Waals surface area contributed by atoms with Crippen molar-refractivity contribution in [3.05, 3.63) is 12.2 Å². The Hall–Kier alpha value is -0.960. The van der Waals surface area contributed by atoms with E-state index in [4.69, 9.17) is 0 Å². The summed E-state index contributed by atoms with van der Waals surface area (Å²) >= 11 is 0. The molecule has 0 aromatic heterocycles. The number of aldehydes is 1. The number of carbonyl (C=O) groups is 2. The highest BCUT2D eigenvalue weighted by atomic mass is 16.3. The number of ketones is 1. The predicted molar refractivity (Wildman–Crippen MR) is 106 cm³/mol. The summed E-state index contributed by atoms with van der Waals surface area (Å²) in [5.41, 5.74) is 0. The molecule has 0 heterocycles. The van der Waals surface area contributed by atoms with Gasteiger partial charge in [0.15, 0.2) is 0 Å². The van der Waals surface area contributed by atoms with E-state index in [0.717, 1.165) is 51.2 Å². The molecule has 146 valence electrons. The van der Waals surface area contributed by atoms with Crippen molar-refractivity contribution in [3.8, 4) is 0 Å². The third-order valence-electron chi connectivity index (χ3n) is 4.73. The van der Waals surface area contributed by atoms with Gasteiger partial charge in [-0.1, -0.05) is 64.5 Å². The van der Waals surface area contributed by atoms with Crippen LogP contribution in [0.25, 0.3) is 0 Å². The molecule has 0 fully saturated rings. The van der Waals surface area contributed by atoms with Gasteiger partial charge in [-0.3, -0.25) is 4.79 Å². The monoisotopic (exact) mass is 352 g/mol. The van der Waals surface area contributed by atoms with Crippen molar-refractivity contribution in [2.75, 3.05) is 0 Å². The van der Waals surface area contributed by atoms with Crippen LogP contribution in [0.15, 0.2) is 12.2 Å². The van der Waals surface area contributed by atoms with E-state index in [0.29, 0.717) is 12.8 Å². The number of allylic oxidation sites excluding steroid dienone is 2. The van der Waals surface area contributed by atoms with Gasteiger partial charge in [0, 0.05) is 18.8 Å². The third kappa shape index (κ3) is 15.0. The van der Waals surface area contributed by atoms with Crippen LogP contribution in [0.3, 0.4) is 0 Å². The van der Waals surface area contributed by atoms with E-state index in [-0.39, 0.29) is 18.1 Å². The van der Waals surface area contributed by atoms with E-state index >= 15 is 0 Å². The molecule has 0 aromatic rings. The van der Waals surface area contributed by atoms with E-state index in [2.05, 4.69) is 26.0 Å². The van der Waals surface area contributed by atoms with Crippen LogP contribution in [0, 0.1) is 5.92 Å². The molecule has 0 amide bonds. The molecule has 0 spiro atoms. The van der Waals surface area contributed by atoms with Crippen LogP contribution in [0.1, 0.15) is 104 Å². The number of hydrogen-bond donors (Lipinski definition) is 1. The topological polar surface area (TPSA) is 54.4 Å². The second-order valence-corrected chi connectivity index (χ2v) is 7.14. The summed E-state index contributed by atoms with van der Waals surface area (Å²) in [6.07, 6.45) is 17.9. The van der Waals surface area contributed by atoms with Crippen LogP contribution < -0.4 is 0 Å². The number of Topliss-reactive ketones (excluding diaryl/α,β-unsaturated/α-hetero) is 1. The highest BCUT2D eigenvalue weighted by Crippen LogP contribution is 2.21. The molecule has 2 unspecified atom stereocenters. The molecule has 0 aliphatic rings. The standard InChI is InChI=1S/C22H40O3/c1-3-5-7-8-9-10-11-12-14-16-22(25)20(15-13-6-4-2)19-21(24)17-18-23/h5,7,18,20-21,24H,3-4,6,8-17,19H2,1-2H3. The number of rotatable bonds is 18. The lowest BCUT2D eigenvalue weighted by Crippen LogP contribution is -2.21. The first-order valence-electron chi connectivity index (χ1n) is 10.4. The Morgan fingerprint density at radius 3 is 2.36 bits per heavy atom. The summed E-state index contributed by atoms with van der Waals surface area (Å²) in [5, 5.41) is 9.87. The first-order valence-corrected chi connectivity index (χ1v) is 10.4. The number of aliphatic hydroxyl groups is 1. The van der Waals surface area contributed by atoms with Crippen LogP contribution in [0.2, 0.25) is 0 Å². The second kappa shape index (κ2) is 17.8. The highest BCUT2D eigenvalue weighted by molar-refractivity contribution is 5.81. The number of unbranched alkanes of at least 4 members (excludes halogenated alkanes) is 7. The Bertz CT molecular complexity index is 349.